The molecular weight excluding hydrogens is 552 g/mol. The molecule has 0 radical (unpaired) electrons. The zero-order chi connectivity index (χ0) is 30.8. The number of para-hydroxylation sites is 1. The number of benzene rings is 4. The standard InChI is InChI=1S/C32H28N4O7/c1-20-7-6-8-23(17-20)34-29(37)25-9-4-5-10-26(25)35-30(38)31(39)36-33-19-21-11-16-27(28(18-21)42-3)43-32(40)22-12-14-24(41-2)15-13-22/h4-19H,1-3H3,(H,34,37)(H,35,38)(H,36,39). The molecule has 3 amide bonds. The minimum Gasteiger partial charge on any atom is -0.497 e. The molecule has 0 saturated carbocycles. The highest BCUT2D eigenvalue weighted by atomic mass is 16.6. The van der Waals surface area contributed by atoms with Crippen LogP contribution in [-0.4, -0.2) is 44.1 Å². The number of methoxy groups -OCH3 is 2. The third-order valence-corrected chi connectivity index (χ3v) is 6.00. The number of nitrogens with zero attached hydrogens (tertiary/aromatic N) is 1. The molecule has 0 aliphatic heterocycles. The average molecular weight is 581 g/mol. The van der Waals surface area contributed by atoms with Crippen molar-refractivity contribution < 1.29 is 33.4 Å². The summed E-state index contributed by atoms with van der Waals surface area (Å²) in [4.78, 5) is 50.3. The lowest BCUT2D eigenvalue weighted by Crippen LogP contribution is -2.33. The van der Waals surface area contributed by atoms with Crippen LogP contribution in [0.4, 0.5) is 11.4 Å². The summed E-state index contributed by atoms with van der Waals surface area (Å²) in [5.74, 6) is -2.09. The number of nitrogens with one attached hydrogen (secondary N) is 3. The van der Waals surface area contributed by atoms with E-state index in [1.165, 1.54) is 44.7 Å². The van der Waals surface area contributed by atoms with Crippen LogP contribution in [0, 0.1) is 6.92 Å². The van der Waals surface area contributed by atoms with Crippen molar-refractivity contribution in [2.45, 2.75) is 6.92 Å². The van der Waals surface area contributed by atoms with Crippen LogP contribution in [0.3, 0.4) is 0 Å². The zero-order valence-corrected chi connectivity index (χ0v) is 23.5. The summed E-state index contributed by atoms with van der Waals surface area (Å²) in [5, 5.41) is 9.03. The van der Waals surface area contributed by atoms with Gasteiger partial charge in [-0.3, -0.25) is 14.4 Å². The Labute approximate surface area is 247 Å². The Balaban J connectivity index is 1.35. The number of carbonyl (C=O) groups is 4. The topological polar surface area (TPSA) is 144 Å². The van der Waals surface area contributed by atoms with Gasteiger partial charge in [0.15, 0.2) is 11.5 Å². The second-order valence-electron chi connectivity index (χ2n) is 9.05. The highest BCUT2D eigenvalue weighted by molar-refractivity contribution is 6.40. The first-order valence-electron chi connectivity index (χ1n) is 12.9. The number of aryl methyl sites for hydroxylation is 1. The van der Waals surface area contributed by atoms with Crippen molar-refractivity contribution in [2.24, 2.45) is 5.10 Å². The van der Waals surface area contributed by atoms with Gasteiger partial charge in [-0.1, -0.05) is 24.3 Å². The predicted octanol–water partition coefficient (Wildman–Crippen LogP) is 4.57. The third kappa shape index (κ3) is 8.04. The first-order chi connectivity index (χ1) is 20.8. The maximum Gasteiger partial charge on any atom is 0.343 e. The van der Waals surface area contributed by atoms with Crippen LogP contribution in [0.25, 0.3) is 0 Å². The normalized spacial score (nSPS) is 10.5. The highest BCUT2D eigenvalue weighted by Gasteiger charge is 2.18. The molecule has 4 aromatic carbocycles. The Morgan fingerprint density at radius 2 is 1.51 bits per heavy atom. The Hall–Kier alpha value is -5.97. The van der Waals surface area contributed by atoms with Gasteiger partial charge < -0.3 is 24.8 Å². The lowest BCUT2D eigenvalue weighted by atomic mass is 10.1. The van der Waals surface area contributed by atoms with Crippen LogP contribution in [0.2, 0.25) is 0 Å². The fourth-order valence-corrected chi connectivity index (χ4v) is 3.84. The summed E-state index contributed by atoms with van der Waals surface area (Å²) in [5.41, 5.74) is 4.85. The molecule has 0 saturated heterocycles. The molecule has 0 aromatic heterocycles. The van der Waals surface area contributed by atoms with Crippen LogP contribution in [-0.2, 0) is 9.59 Å². The van der Waals surface area contributed by atoms with E-state index in [1.54, 1.807) is 48.5 Å². The van der Waals surface area contributed by atoms with E-state index < -0.39 is 23.7 Å². The number of carbonyl (C=O) groups excluding carboxylic acids is 4. The van der Waals surface area contributed by atoms with E-state index in [0.29, 0.717) is 22.6 Å². The maximum absolute atomic E-state index is 12.8. The first-order valence-corrected chi connectivity index (χ1v) is 12.9. The van der Waals surface area contributed by atoms with E-state index in [2.05, 4.69) is 21.2 Å². The van der Waals surface area contributed by atoms with Gasteiger partial charge in [0.25, 0.3) is 5.91 Å². The second-order valence-corrected chi connectivity index (χ2v) is 9.05. The number of ether oxygens (including phenoxy) is 3. The smallest absolute Gasteiger partial charge is 0.343 e. The molecule has 43 heavy (non-hydrogen) atoms. The monoisotopic (exact) mass is 580 g/mol. The van der Waals surface area contributed by atoms with Crippen molar-refractivity contribution in [2.75, 3.05) is 24.9 Å². The molecular formula is C32H28N4O7. The Morgan fingerprint density at radius 3 is 2.23 bits per heavy atom. The number of anilines is 2. The maximum atomic E-state index is 12.8. The van der Waals surface area contributed by atoms with Gasteiger partial charge in [0.1, 0.15) is 5.75 Å². The minimum atomic E-state index is -1.05. The van der Waals surface area contributed by atoms with Crippen molar-refractivity contribution >= 4 is 41.3 Å². The number of hydrogen-bond acceptors (Lipinski definition) is 8. The predicted molar refractivity (Wildman–Crippen MR) is 161 cm³/mol. The molecule has 0 spiro atoms. The zero-order valence-electron chi connectivity index (χ0n) is 23.5. The lowest BCUT2D eigenvalue weighted by Gasteiger charge is -2.11. The Bertz CT molecular complexity index is 1680. The Kier molecular flexibility index (Phi) is 9.83. The Morgan fingerprint density at radius 1 is 0.744 bits per heavy atom. The van der Waals surface area contributed by atoms with Gasteiger partial charge in [0.05, 0.1) is 37.2 Å². The van der Waals surface area contributed by atoms with Gasteiger partial charge >= 0.3 is 17.8 Å². The molecule has 11 nitrogen and oxygen atoms in total. The minimum absolute atomic E-state index is 0.154. The second kappa shape index (κ2) is 14.1. The van der Waals surface area contributed by atoms with Crippen molar-refractivity contribution in [3.8, 4) is 17.2 Å². The van der Waals surface area contributed by atoms with E-state index in [-0.39, 0.29) is 22.7 Å². The third-order valence-electron chi connectivity index (χ3n) is 6.00. The number of esters is 1. The molecule has 0 bridgehead atoms. The van der Waals surface area contributed by atoms with E-state index in [4.69, 9.17) is 14.2 Å². The lowest BCUT2D eigenvalue weighted by molar-refractivity contribution is -0.136. The quantitative estimate of drug-likeness (QED) is 0.0865. The summed E-state index contributed by atoms with van der Waals surface area (Å²) >= 11 is 0. The summed E-state index contributed by atoms with van der Waals surface area (Å²) in [6.07, 6.45) is 1.28. The fraction of sp³-hybridized carbons (Fsp3) is 0.0938. The summed E-state index contributed by atoms with van der Waals surface area (Å²) in [7, 11) is 2.94. The highest BCUT2D eigenvalue weighted by Crippen LogP contribution is 2.28. The van der Waals surface area contributed by atoms with Gasteiger partial charge in [-0.05, 0) is 84.8 Å². The van der Waals surface area contributed by atoms with Crippen LogP contribution in [0.15, 0.2) is 96.1 Å². The molecule has 4 aromatic rings. The molecule has 3 N–H and O–H groups in total. The van der Waals surface area contributed by atoms with Crippen LogP contribution in [0.1, 0.15) is 31.8 Å². The molecule has 0 atom stereocenters. The van der Waals surface area contributed by atoms with Gasteiger partial charge in [-0.15, -0.1) is 0 Å². The number of amides is 3. The van der Waals surface area contributed by atoms with Crippen LogP contribution in [0.5, 0.6) is 17.2 Å². The van der Waals surface area contributed by atoms with Crippen LogP contribution >= 0.6 is 0 Å². The number of rotatable bonds is 9. The SMILES string of the molecule is COc1ccc(C(=O)Oc2ccc(C=NNC(=O)C(=O)Nc3ccccc3C(=O)Nc3cccc(C)c3)cc2OC)cc1. The largest absolute Gasteiger partial charge is 0.497 e. The molecule has 0 heterocycles. The van der Waals surface area contributed by atoms with Gasteiger partial charge in [0, 0.05) is 5.69 Å². The van der Waals surface area contributed by atoms with Crippen molar-refractivity contribution in [3.05, 3.63) is 113 Å². The van der Waals surface area contributed by atoms with Crippen LogP contribution < -0.4 is 30.3 Å². The molecule has 0 aliphatic rings. The molecule has 0 aliphatic carbocycles. The molecule has 0 unspecified atom stereocenters. The van der Waals surface area contributed by atoms with E-state index in [1.807, 2.05) is 25.1 Å². The van der Waals surface area contributed by atoms with E-state index in [9.17, 15) is 19.2 Å². The average Bonchev–Trinajstić information content (AvgIpc) is 3.01. The number of hydrazone groups is 1. The van der Waals surface area contributed by atoms with Crippen molar-refractivity contribution in [1.82, 2.24) is 5.43 Å². The summed E-state index contributed by atoms with van der Waals surface area (Å²) in [6.45, 7) is 1.90. The molecule has 218 valence electrons. The number of hydrogen-bond donors (Lipinski definition) is 3. The molecule has 4 rings (SSSR count). The molecule has 11 heteroatoms. The fourth-order valence-electron chi connectivity index (χ4n) is 3.84. The summed E-state index contributed by atoms with van der Waals surface area (Å²) in [6, 6.07) is 24.6. The van der Waals surface area contributed by atoms with E-state index in [0.717, 1.165) is 5.56 Å². The molecule has 0 fully saturated rings. The van der Waals surface area contributed by atoms with Gasteiger partial charge in [0.2, 0.25) is 0 Å². The first kappa shape index (κ1) is 30.0. The van der Waals surface area contributed by atoms with Crippen molar-refractivity contribution in [3.63, 3.8) is 0 Å². The van der Waals surface area contributed by atoms with Gasteiger partial charge in [-0.25, -0.2) is 10.2 Å². The summed E-state index contributed by atoms with van der Waals surface area (Å²) < 4.78 is 15.9. The van der Waals surface area contributed by atoms with E-state index >= 15 is 0 Å². The van der Waals surface area contributed by atoms with Gasteiger partial charge in [-0.2, -0.15) is 5.10 Å². The van der Waals surface area contributed by atoms with Crippen molar-refractivity contribution in [1.29, 1.82) is 0 Å².